The molecule has 0 unspecified atom stereocenters. The smallest absolute Gasteiger partial charge is 0.223 e. The van der Waals surface area contributed by atoms with Crippen LogP contribution >= 0.6 is 11.3 Å². The zero-order valence-electron chi connectivity index (χ0n) is 9.54. The largest absolute Gasteiger partial charge is 0.368 e. The first-order chi connectivity index (χ1) is 8.55. The molecule has 8 heteroatoms. The summed E-state index contributed by atoms with van der Waals surface area (Å²) in [6.45, 7) is 0.924. The first kappa shape index (κ1) is 11.7. The minimum absolute atomic E-state index is 0.169. The molecule has 0 saturated carbocycles. The summed E-state index contributed by atoms with van der Waals surface area (Å²) in [5.41, 5.74) is 5.68. The van der Waals surface area contributed by atoms with Crippen LogP contribution in [0.3, 0.4) is 0 Å². The van der Waals surface area contributed by atoms with E-state index in [-0.39, 0.29) is 17.5 Å². The van der Waals surface area contributed by atoms with Crippen LogP contribution < -0.4 is 10.6 Å². The summed E-state index contributed by atoms with van der Waals surface area (Å²) in [4.78, 5) is 11.2. The maximum atomic E-state index is 11.4. The molecule has 0 spiro atoms. The Hall–Kier alpha value is -1.41. The molecule has 3 heterocycles. The van der Waals surface area contributed by atoms with Crippen molar-refractivity contribution in [2.45, 2.75) is 0 Å². The van der Waals surface area contributed by atoms with Crippen molar-refractivity contribution in [3.63, 3.8) is 0 Å². The van der Waals surface area contributed by atoms with Crippen LogP contribution in [0.25, 0.3) is 10.2 Å². The van der Waals surface area contributed by atoms with Crippen LogP contribution in [0.4, 0.5) is 11.8 Å². The minimum atomic E-state index is -2.89. The number of hydrogen-bond donors (Lipinski definition) is 1. The normalized spacial score (nSPS) is 19.2. The van der Waals surface area contributed by atoms with Crippen molar-refractivity contribution in [3.8, 4) is 0 Å². The maximum Gasteiger partial charge on any atom is 0.223 e. The second-order valence-corrected chi connectivity index (χ2v) is 7.38. The van der Waals surface area contributed by atoms with E-state index in [0.717, 1.165) is 16.0 Å². The van der Waals surface area contributed by atoms with Gasteiger partial charge in [0.15, 0.2) is 9.84 Å². The third-order valence-electron chi connectivity index (χ3n) is 2.97. The number of nitrogens with two attached hydrogens (primary N) is 1. The highest BCUT2D eigenvalue weighted by Crippen LogP contribution is 2.29. The van der Waals surface area contributed by atoms with Crippen molar-refractivity contribution in [3.05, 3.63) is 11.4 Å². The van der Waals surface area contributed by atoms with Gasteiger partial charge in [-0.25, -0.2) is 13.4 Å². The van der Waals surface area contributed by atoms with Gasteiger partial charge in [0.05, 0.1) is 16.9 Å². The highest BCUT2D eigenvalue weighted by atomic mass is 32.2. The Morgan fingerprint density at radius 2 is 2.00 bits per heavy atom. The molecule has 2 N–H and O–H groups in total. The highest BCUT2D eigenvalue weighted by Gasteiger charge is 2.24. The first-order valence-corrected chi connectivity index (χ1v) is 8.21. The summed E-state index contributed by atoms with van der Waals surface area (Å²) >= 11 is 1.50. The van der Waals surface area contributed by atoms with Gasteiger partial charge in [0.1, 0.15) is 10.6 Å². The van der Waals surface area contributed by atoms with Gasteiger partial charge in [0, 0.05) is 13.1 Å². The Kier molecular flexibility index (Phi) is 2.63. The highest BCUT2D eigenvalue weighted by molar-refractivity contribution is 7.91. The molecule has 0 radical (unpaired) electrons. The van der Waals surface area contributed by atoms with Crippen molar-refractivity contribution in [2.75, 3.05) is 35.2 Å². The number of rotatable bonds is 1. The van der Waals surface area contributed by atoms with Crippen LogP contribution in [0.15, 0.2) is 11.4 Å². The van der Waals surface area contributed by atoms with E-state index in [0.29, 0.717) is 13.1 Å². The number of nitrogen functional groups attached to an aromatic ring is 1. The van der Waals surface area contributed by atoms with Crippen molar-refractivity contribution >= 4 is 43.2 Å². The number of aromatic nitrogens is 2. The maximum absolute atomic E-state index is 11.4. The fourth-order valence-electron chi connectivity index (χ4n) is 2.02. The quantitative estimate of drug-likeness (QED) is 0.820. The van der Waals surface area contributed by atoms with Crippen molar-refractivity contribution < 1.29 is 8.42 Å². The summed E-state index contributed by atoms with van der Waals surface area (Å²) in [6, 6.07) is 1.94. The van der Waals surface area contributed by atoms with E-state index in [4.69, 9.17) is 5.73 Å². The summed E-state index contributed by atoms with van der Waals surface area (Å²) in [5.74, 6) is 1.31. The molecule has 1 fully saturated rings. The Morgan fingerprint density at radius 3 is 2.72 bits per heavy atom. The van der Waals surface area contributed by atoms with Crippen LogP contribution in [-0.2, 0) is 9.84 Å². The van der Waals surface area contributed by atoms with Crippen LogP contribution in [0, 0.1) is 0 Å². The van der Waals surface area contributed by atoms with Gasteiger partial charge in [-0.15, -0.1) is 11.3 Å². The van der Waals surface area contributed by atoms with E-state index < -0.39 is 9.84 Å². The van der Waals surface area contributed by atoms with E-state index >= 15 is 0 Å². The molecule has 1 aliphatic heterocycles. The minimum Gasteiger partial charge on any atom is -0.368 e. The Labute approximate surface area is 108 Å². The van der Waals surface area contributed by atoms with Gasteiger partial charge >= 0.3 is 0 Å². The summed E-state index contributed by atoms with van der Waals surface area (Å²) in [7, 11) is -2.89. The molecule has 2 aromatic heterocycles. The lowest BCUT2D eigenvalue weighted by molar-refractivity contribution is 0.586. The molecule has 2 aromatic rings. The molecule has 3 rings (SSSR count). The lowest BCUT2D eigenvalue weighted by Crippen LogP contribution is -2.40. The van der Waals surface area contributed by atoms with Crippen molar-refractivity contribution in [1.29, 1.82) is 0 Å². The van der Waals surface area contributed by atoms with Crippen LogP contribution in [-0.4, -0.2) is 43.0 Å². The van der Waals surface area contributed by atoms with E-state index in [2.05, 4.69) is 9.97 Å². The summed E-state index contributed by atoms with van der Waals surface area (Å²) in [6.07, 6.45) is 0. The van der Waals surface area contributed by atoms with E-state index in [9.17, 15) is 8.42 Å². The fraction of sp³-hybridized carbons (Fsp3) is 0.400. The van der Waals surface area contributed by atoms with Gasteiger partial charge in [-0.1, -0.05) is 0 Å². The Bertz CT molecular complexity index is 681. The second-order valence-electron chi connectivity index (χ2n) is 4.18. The lowest BCUT2D eigenvalue weighted by Gasteiger charge is -2.28. The molecule has 1 aliphatic rings. The van der Waals surface area contributed by atoms with Crippen molar-refractivity contribution in [2.24, 2.45) is 0 Å². The molecule has 1 saturated heterocycles. The Balaban J connectivity index is 2.02. The average Bonchev–Trinajstić information content (AvgIpc) is 2.76. The number of thiophene rings is 1. The van der Waals surface area contributed by atoms with Crippen LogP contribution in [0.1, 0.15) is 0 Å². The molecule has 6 nitrogen and oxygen atoms in total. The molecular formula is C10H12N4O2S2. The predicted molar refractivity (Wildman–Crippen MR) is 72.7 cm³/mol. The molecule has 0 atom stereocenters. The third kappa shape index (κ3) is 2.01. The van der Waals surface area contributed by atoms with Gasteiger partial charge in [-0.2, -0.15) is 4.98 Å². The standard InChI is InChI=1S/C10H12N4O2S2/c11-10-12-8(7-1-4-17-9(7)13-10)14-2-5-18(15,16)6-3-14/h1,4H,2-3,5-6H2,(H2,11,12,13). The predicted octanol–water partition coefficient (Wildman–Crippen LogP) is 0.508. The molecule has 96 valence electrons. The van der Waals surface area contributed by atoms with E-state index in [1.165, 1.54) is 11.3 Å². The number of hydrogen-bond acceptors (Lipinski definition) is 7. The molecule has 0 bridgehead atoms. The first-order valence-electron chi connectivity index (χ1n) is 5.51. The molecule has 0 aromatic carbocycles. The topological polar surface area (TPSA) is 89.2 Å². The number of nitrogens with zero attached hydrogens (tertiary/aromatic N) is 3. The third-order valence-corrected chi connectivity index (χ3v) is 5.38. The van der Waals surface area contributed by atoms with Gasteiger partial charge in [0.2, 0.25) is 5.95 Å². The molecule has 18 heavy (non-hydrogen) atoms. The van der Waals surface area contributed by atoms with Gasteiger partial charge < -0.3 is 10.6 Å². The fourth-order valence-corrected chi connectivity index (χ4v) is 3.99. The van der Waals surface area contributed by atoms with E-state index in [1.54, 1.807) is 0 Å². The Morgan fingerprint density at radius 1 is 1.28 bits per heavy atom. The second kappa shape index (κ2) is 4.06. The number of anilines is 2. The summed E-state index contributed by atoms with van der Waals surface area (Å²) < 4.78 is 22.9. The number of fused-ring (bicyclic) bond motifs is 1. The molecule has 0 aliphatic carbocycles. The summed E-state index contributed by atoms with van der Waals surface area (Å²) in [5, 5.41) is 2.87. The number of sulfone groups is 1. The zero-order chi connectivity index (χ0) is 12.8. The monoisotopic (exact) mass is 284 g/mol. The SMILES string of the molecule is Nc1nc(N2CCS(=O)(=O)CC2)c2ccsc2n1. The molecular weight excluding hydrogens is 272 g/mol. The van der Waals surface area contributed by atoms with Crippen molar-refractivity contribution in [1.82, 2.24) is 9.97 Å². The van der Waals surface area contributed by atoms with Gasteiger partial charge in [0.25, 0.3) is 0 Å². The van der Waals surface area contributed by atoms with Gasteiger partial charge in [-0.3, -0.25) is 0 Å². The lowest BCUT2D eigenvalue weighted by atomic mass is 10.3. The average molecular weight is 284 g/mol. The van der Waals surface area contributed by atoms with E-state index in [1.807, 2.05) is 16.3 Å². The van der Waals surface area contributed by atoms with Crippen LogP contribution in [0.2, 0.25) is 0 Å². The van der Waals surface area contributed by atoms with Gasteiger partial charge in [-0.05, 0) is 11.4 Å². The zero-order valence-corrected chi connectivity index (χ0v) is 11.2. The van der Waals surface area contributed by atoms with Crippen LogP contribution in [0.5, 0.6) is 0 Å². The molecule has 0 amide bonds.